The van der Waals surface area contributed by atoms with Gasteiger partial charge in [-0.15, -0.1) is 19.0 Å². The second-order valence-electron chi connectivity index (χ2n) is 5.64. The summed E-state index contributed by atoms with van der Waals surface area (Å²) in [6.07, 6.45) is 0.856. The maximum Gasteiger partial charge on any atom is 0.0332 e. The Morgan fingerprint density at radius 2 is 1.71 bits per heavy atom. The molecule has 2 heteroatoms. The molecule has 0 heterocycles. The Morgan fingerprint density at radius 3 is 2.06 bits per heavy atom. The maximum atomic E-state index is 6.09. The Morgan fingerprint density at radius 1 is 1.24 bits per heavy atom. The van der Waals surface area contributed by atoms with Crippen molar-refractivity contribution in [1.82, 2.24) is 0 Å². The van der Waals surface area contributed by atoms with E-state index >= 15 is 0 Å². The predicted molar refractivity (Wildman–Crippen MR) is 78.7 cm³/mol. The van der Waals surface area contributed by atoms with Crippen molar-refractivity contribution in [3.05, 3.63) is 47.5 Å². The number of hydrogen-bond acceptors (Lipinski definition) is 1. The molecule has 0 aliphatic carbocycles. The lowest BCUT2D eigenvalue weighted by Crippen LogP contribution is -2.13. The Balaban J connectivity index is 0.00000256. The maximum absolute atomic E-state index is 6.09. The van der Waals surface area contributed by atoms with Gasteiger partial charge in [0, 0.05) is 6.04 Å². The SMILES string of the molecule is C=C(C)C[C@H](N)c1ccc(C(C)(C)C)cc1.Cl. The standard InChI is InChI=1S/C15H23N.ClH/c1-11(2)10-14(16)12-6-8-13(9-7-12)15(3,4)5;/h6-9,14H,1,10,16H2,2-5H3;1H/t14-;/m0./s1. The quantitative estimate of drug-likeness (QED) is 0.796. The summed E-state index contributed by atoms with van der Waals surface area (Å²) in [5.41, 5.74) is 9.97. The van der Waals surface area contributed by atoms with Crippen molar-refractivity contribution >= 4 is 12.4 Å². The van der Waals surface area contributed by atoms with Crippen LogP contribution in [0.2, 0.25) is 0 Å². The molecule has 0 spiro atoms. The molecule has 0 saturated carbocycles. The lowest BCUT2D eigenvalue weighted by Gasteiger charge is -2.20. The van der Waals surface area contributed by atoms with Crippen molar-refractivity contribution < 1.29 is 0 Å². The molecule has 0 aromatic heterocycles. The van der Waals surface area contributed by atoms with Gasteiger partial charge in [-0.3, -0.25) is 0 Å². The summed E-state index contributed by atoms with van der Waals surface area (Å²) in [4.78, 5) is 0. The highest BCUT2D eigenvalue weighted by atomic mass is 35.5. The Labute approximate surface area is 112 Å². The summed E-state index contributed by atoms with van der Waals surface area (Å²) in [6, 6.07) is 8.69. The number of benzene rings is 1. The normalized spacial score (nSPS) is 12.8. The van der Waals surface area contributed by atoms with Gasteiger partial charge in [0.2, 0.25) is 0 Å². The summed E-state index contributed by atoms with van der Waals surface area (Å²) in [5.74, 6) is 0. The van der Waals surface area contributed by atoms with Crippen LogP contribution in [0.25, 0.3) is 0 Å². The molecule has 0 aliphatic rings. The smallest absolute Gasteiger partial charge is 0.0332 e. The summed E-state index contributed by atoms with van der Waals surface area (Å²) in [6.45, 7) is 12.6. The van der Waals surface area contributed by atoms with E-state index in [1.807, 2.05) is 6.92 Å². The molecule has 1 nitrogen and oxygen atoms in total. The molecule has 0 fully saturated rings. The van der Waals surface area contributed by atoms with Crippen LogP contribution in [0.15, 0.2) is 36.4 Å². The van der Waals surface area contributed by atoms with E-state index in [-0.39, 0.29) is 23.9 Å². The van der Waals surface area contributed by atoms with Gasteiger partial charge in [-0.1, -0.05) is 50.6 Å². The van der Waals surface area contributed by atoms with Gasteiger partial charge in [0.1, 0.15) is 0 Å². The summed E-state index contributed by atoms with van der Waals surface area (Å²) >= 11 is 0. The highest BCUT2D eigenvalue weighted by Gasteiger charge is 2.14. The zero-order valence-corrected chi connectivity index (χ0v) is 12.1. The van der Waals surface area contributed by atoms with Crippen molar-refractivity contribution in [3.8, 4) is 0 Å². The van der Waals surface area contributed by atoms with Crippen molar-refractivity contribution in [2.45, 2.75) is 45.6 Å². The summed E-state index contributed by atoms with van der Waals surface area (Å²) in [7, 11) is 0. The molecule has 0 radical (unpaired) electrons. The zero-order chi connectivity index (χ0) is 12.3. The van der Waals surface area contributed by atoms with Gasteiger partial charge in [0.15, 0.2) is 0 Å². The van der Waals surface area contributed by atoms with E-state index in [0.717, 1.165) is 12.0 Å². The van der Waals surface area contributed by atoms with E-state index in [4.69, 9.17) is 5.73 Å². The average Bonchev–Trinajstić information content (AvgIpc) is 2.15. The van der Waals surface area contributed by atoms with Gasteiger partial charge in [0.05, 0.1) is 0 Å². The van der Waals surface area contributed by atoms with Gasteiger partial charge in [-0.05, 0) is 29.9 Å². The fraction of sp³-hybridized carbons (Fsp3) is 0.467. The van der Waals surface area contributed by atoms with Crippen LogP contribution < -0.4 is 5.73 Å². The molecule has 1 atom stereocenters. The summed E-state index contributed by atoms with van der Waals surface area (Å²) < 4.78 is 0. The molecule has 1 aromatic rings. The van der Waals surface area contributed by atoms with Crippen molar-refractivity contribution in [3.63, 3.8) is 0 Å². The molecule has 0 unspecified atom stereocenters. The molecule has 17 heavy (non-hydrogen) atoms. The van der Waals surface area contributed by atoms with Crippen LogP contribution >= 0.6 is 12.4 Å². The topological polar surface area (TPSA) is 26.0 Å². The van der Waals surface area contributed by atoms with E-state index in [1.165, 1.54) is 11.1 Å². The molecule has 0 bridgehead atoms. The van der Waals surface area contributed by atoms with E-state index in [1.54, 1.807) is 0 Å². The minimum absolute atomic E-state index is 0. The molecular weight excluding hydrogens is 230 g/mol. The highest BCUT2D eigenvalue weighted by Crippen LogP contribution is 2.24. The number of nitrogens with two attached hydrogens (primary N) is 1. The van der Waals surface area contributed by atoms with Crippen molar-refractivity contribution in [2.24, 2.45) is 5.73 Å². The fourth-order valence-electron chi connectivity index (χ4n) is 1.72. The first-order valence-corrected chi connectivity index (χ1v) is 5.81. The second-order valence-corrected chi connectivity index (χ2v) is 5.64. The fourth-order valence-corrected chi connectivity index (χ4v) is 1.72. The third kappa shape index (κ3) is 4.93. The van der Waals surface area contributed by atoms with Crippen LogP contribution in [0.1, 0.15) is 51.3 Å². The molecule has 96 valence electrons. The molecule has 1 aromatic carbocycles. The van der Waals surface area contributed by atoms with Crippen LogP contribution in [0.3, 0.4) is 0 Å². The monoisotopic (exact) mass is 253 g/mol. The van der Waals surface area contributed by atoms with E-state index in [0.29, 0.717) is 0 Å². The number of rotatable bonds is 3. The van der Waals surface area contributed by atoms with Crippen molar-refractivity contribution in [2.75, 3.05) is 0 Å². The summed E-state index contributed by atoms with van der Waals surface area (Å²) in [5, 5.41) is 0. The van der Waals surface area contributed by atoms with Crippen LogP contribution in [-0.2, 0) is 5.41 Å². The van der Waals surface area contributed by atoms with Crippen LogP contribution in [0, 0.1) is 0 Å². The minimum Gasteiger partial charge on any atom is -0.324 e. The van der Waals surface area contributed by atoms with Crippen LogP contribution in [-0.4, -0.2) is 0 Å². The lowest BCUT2D eigenvalue weighted by atomic mass is 9.86. The number of halogens is 1. The van der Waals surface area contributed by atoms with Gasteiger partial charge in [0.25, 0.3) is 0 Å². The first-order valence-electron chi connectivity index (χ1n) is 5.81. The largest absolute Gasteiger partial charge is 0.324 e. The van der Waals surface area contributed by atoms with Crippen LogP contribution in [0.5, 0.6) is 0 Å². The Kier molecular flexibility index (Phi) is 5.94. The Hall–Kier alpha value is -0.790. The lowest BCUT2D eigenvalue weighted by molar-refractivity contribution is 0.589. The second kappa shape index (κ2) is 6.23. The van der Waals surface area contributed by atoms with Gasteiger partial charge in [-0.2, -0.15) is 0 Å². The third-order valence-electron chi connectivity index (χ3n) is 2.77. The minimum atomic E-state index is 0. The molecule has 1 rings (SSSR count). The first kappa shape index (κ1) is 16.2. The highest BCUT2D eigenvalue weighted by molar-refractivity contribution is 5.85. The predicted octanol–water partition coefficient (Wildman–Crippen LogP) is 4.37. The molecule has 2 N–H and O–H groups in total. The molecule has 0 aliphatic heterocycles. The van der Waals surface area contributed by atoms with E-state index in [2.05, 4.69) is 51.6 Å². The molecular formula is C15H24ClN. The third-order valence-corrected chi connectivity index (χ3v) is 2.77. The van der Waals surface area contributed by atoms with Crippen molar-refractivity contribution in [1.29, 1.82) is 0 Å². The zero-order valence-electron chi connectivity index (χ0n) is 11.3. The van der Waals surface area contributed by atoms with Crippen LogP contribution in [0.4, 0.5) is 0 Å². The molecule has 0 saturated heterocycles. The number of hydrogen-bond donors (Lipinski definition) is 1. The Bertz CT molecular complexity index is 360. The van der Waals surface area contributed by atoms with Gasteiger partial charge >= 0.3 is 0 Å². The first-order chi connectivity index (χ1) is 7.30. The molecule has 0 amide bonds. The van der Waals surface area contributed by atoms with Gasteiger partial charge < -0.3 is 5.73 Å². The van der Waals surface area contributed by atoms with E-state index in [9.17, 15) is 0 Å². The average molecular weight is 254 g/mol. The van der Waals surface area contributed by atoms with Gasteiger partial charge in [-0.25, -0.2) is 0 Å². The van der Waals surface area contributed by atoms with E-state index < -0.39 is 0 Å².